The van der Waals surface area contributed by atoms with Crippen LogP contribution in [-0.2, 0) is 23.9 Å². The lowest BCUT2D eigenvalue weighted by Gasteiger charge is -2.50. The van der Waals surface area contributed by atoms with E-state index in [0.717, 1.165) is 25.7 Å². The van der Waals surface area contributed by atoms with Gasteiger partial charge >= 0.3 is 11.9 Å². The molecule has 0 N–H and O–H groups in total. The standard InChI is InChI=1S/C30H46O5/c1-6-9-10-23(31)19-21-11-12-24-22(18-21)15-16-30(5)26(13-14-27(24)30)20(4)17-25(28(32)34-7-2)29(33)35-8-3/h11-12,19-20,22,24-27H,6-10,13-18H2,1-5H3/b21-19-/t20-,22?,24?,26-,27?,30-/m1/s1. The predicted octanol–water partition coefficient (Wildman–Crippen LogP) is 6.46. The molecule has 0 bridgehead atoms. The van der Waals surface area contributed by atoms with Crippen molar-refractivity contribution in [2.24, 2.45) is 40.9 Å². The van der Waals surface area contributed by atoms with E-state index < -0.39 is 17.9 Å². The van der Waals surface area contributed by atoms with Crippen LogP contribution in [-0.4, -0.2) is 30.9 Å². The molecule has 3 aliphatic carbocycles. The highest BCUT2D eigenvalue weighted by molar-refractivity contribution is 5.94. The highest BCUT2D eigenvalue weighted by Crippen LogP contribution is 2.62. The van der Waals surface area contributed by atoms with Gasteiger partial charge in [-0.25, -0.2) is 0 Å². The minimum absolute atomic E-state index is 0.205. The molecule has 3 rings (SSSR count). The van der Waals surface area contributed by atoms with E-state index in [2.05, 4.69) is 32.9 Å². The van der Waals surface area contributed by atoms with Gasteiger partial charge in [-0.3, -0.25) is 14.4 Å². The molecule has 0 aliphatic heterocycles. The Hall–Kier alpha value is -1.91. The lowest BCUT2D eigenvalue weighted by Crippen LogP contribution is -2.43. The molecule has 3 unspecified atom stereocenters. The Kier molecular flexibility index (Phi) is 9.77. The van der Waals surface area contributed by atoms with Crippen LogP contribution < -0.4 is 0 Å². The SMILES string of the molecule is CCCCC(=O)/C=C1/C=CC2C(CC[C@@]3(C)C2CC[C@@H]3[C@H](C)CC(C(=O)OCC)C(=O)OCC)C1. The molecule has 0 amide bonds. The van der Waals surface area contributed by atoms with Gasteiger partial charge in [-0.2, -0.15) is 0 Å². The monoisotopic (exact) mass is 486 g/mol. The minimum atomic E-state index is -0.837. The second-order valence-corrected chi connectivity index (χ2v) is 11.3. The number of ketones is 1. The van der Waals surface area contributed by atoms with E-state index in [-0.39, 0.29) is 30.3 Å². The molecule has 0 spiro atoms. The fourth-order valence-electron chi connectivity index (χ4n) is 7.43. The molecular weight excluding hydrogens is 440 g/mol. The van der Waals surface area contributed by atoms with Crippen molar-refractivity contribution in [3.63, 3.8) is 0 Å². The zero-order valence-corrected chi connectivity index (χ0v) is 22.5. The second-order valence-electron chi connectivity index (χ2n) is 11.3. The molecule has 5 heteroatoms. The smallest absolute Gasteiger partial charge is 0.320 e. The zero-order valence-electron chi connectivity index (χ0n) is 22.5. The van der Waals surface area contributed by atoms with Gasteiger partial charge in [-0.05, 0) is 105 Å². The van der Waals surface area contributed by atoms with Gasteiger partial charge in [0.15, 0.2) is 11.7 Å². The van der Waals surface area contributed by atoms with Gasteiger partial charge < -0.3 is 9.47 Å². The predicted molar refractivity (Wildman–Crippen MR) is 137 cm³/mol. The average Bonchev–Trinajstić information content (AvgIpc) is 3.18. The summed E-state index contributed by atoms with van der Waals surface area (Å²) in [7, 11) is 0. The second kappa shape index (κ2) is 12.4. The number of fused-ring (bicyclic) bond motifs is 3. The van der Waals surface area contributed by atoms with Crippen molar-refractivity contribution < 1.29 is 23.9 Å². The molecule has 0 saturated heterocycles. The molecule has 35 heavy (non-hydrogen) atoms. The molecule has 2 fully saturated rings. The maximum Gasteiger partial charge on any atom is 0.320 e. The van der Waals surface area contributed by atoms with Gasteiger partial charge in [0.1, 0.15) is 0 Å². The summed E-state index contributed by atoms with van der Waals surface area (Å²) in [5.41, 5.74) is 1.40. The van der Waals surface area contributed by atoms with E-state index in [1.54, 1.807) is 13.8 Å². The summed E-state index contributed by atoms with van der Waals surface area (Å²) in [5.74, 6) is 1.01. The Balaban J connectivity index is 1.70. The molecule has 0 aromatic carbocycles. The number of carbonyl (C=O) groups excluding carboxylic acids is 3. The summed E-state index contributed by atoms with van der Waals surface area (Å²) in [5, 5.41) is 0. The van der Waals surface area contributed by atoms with Gasteiger partial charge in [0.25, 0.3) is 0 Å². The van der Waals surface area contributed by atoms with Crippen LogP contribution in [0.1, 0.15) is 92.4 Å². The molecule has 5 nitrogen and oxygen atoms in total. The van der Waals surface area contributed by atoms with Crippen molar-refractivity contribution in [1.82, 2.24) is 0 Å². The summed E-state index contributed by atoms with van der Waals surface area (Å²) >= 11 is 0. The number of rotatable bonds is 11. The average molecular weight is 487 g/mol. The molecule has 0 radical (unpaired) electrons. The summed E-state index contributed by atoms with van der Waals surface area (Å²) in [4.78, 5) is 37.4. The van der Waals surface area contributed by atoms with Crippen LogP contribution in [0.2, 0.25) is 0 Å². The third-order valence-corrected chi connectivity index (χ3v) is 9.14. The van der Waals surface area contributed by atoms with Crippen LogP contribution >= 0.6 is 0 Å². The Labute approximate surface area is 212 Å². The minimum Gasteiger partial charge on any atom is -0.465 e. The number of unbranched alkanes of at least 4 members (excludes halogenated alkanes) is 1. The first kappa shape index (κ1) is 27.7. The fourth-order valence-corrected chi connectivity index (χ4v) is 7.43. The van der Waals surface area contributed by atoms with Gasteiger partial charge in [-0.15, -0.1) is 0 Å². The van der Waals surface area contributed by atoms with E-state index in [1.165, 1.54) is 24.8 Å². The van der Waals surface area contributed by atoms with Crippen molar-refractivity contribution in [2.75, 3.05) is 13.2 Å². The van der Waals surface area contributed by atoms with Crippen LogP contribution in [0.4, 0.5) is 0 Å². The maximum absolute atomic E-state index is 12.6. The van der Waals surface area contributed by atoms with Crippen LogP contribution in [0.5, 0.6) is 0 Å². The summed E-state index contributed by atoms with van der Waals surface area (Å²) < 4.78 is 10.4. The first-order chi connectivity index (χ1) is 16.7. The zero-order chi connectivity index (χ0) is 25.6. The van der Waals surface area contributed by atoms with E-state index >= 15 is 0 Å². The molecule has 3 aliphatic rings. The number of esters is 2. The molecule has 0 aromatic rings. The Morgan fingerprint density at radius 2 is 1.77 bits per heavy atom. The first-order valence-corrected chi connectivity index (χ1v) is 14.0. The lowest BCUT2D eigenvalue weighted by atomic mass is 9.54. The van der Waals surface area contributed by atoms with E-state index in [4.69, 9.17) is 9.47 Å². The molecule has 0 aromatic heterocycles. The normalized spacial score (nSPS) is 31.7. The Morgan fingerprint density at radius 3 is 2.40 bits per heavy atom. The Morgan fingerprint density at radius 1 is 1.09 bits per heavy atom. The topological polar surface area (TPSA) is 69.7 Å². The molecule has 0 heterocycles. The molecule has 2 saturated carbocycles. The van der Waals surface area contributed by atoms with E-state index in [0.29, 0.717) is 36.5 Å². The van der Waals surface area contributed by atoms with Crippen LogP contribution in [0.3, 0.4) is 0 Å². The van der Waals surface area contributed by atoms with Gasteiger partial charge in [0.05, 0.1) is 13.2 Å². The Bertz CT molecular complexity index is 809. The van der Waals surface area contributed by atoms with Crippen LogP contribution in [0, 0.1) is 40.9 Å². The summed E-state index contributed by atoms with van der Waals surface area (Å²) in [6, 6.07) is 0. The summed E-state index contributed by atoms with van der Waals surface area (Å²) in [6.45, 7) is 10.8. The largest absolute Gasteiger partial charge is 0.465 e. The molecule has 6 atom stereocenters. The van der Waals surface area contributed by atoms with E-state index in [9.17, 15) is 14.4 Å². The van der Waals surface area contributed by atoms with Gasteiger partial charge in [-0.1, -0.05) is 39.3 Å². The molecular formula is C30H46O5. The highest BCUT2D eigenvalue weighted by atomic mass is 16.6. The first-order valence-electron chi connectivity index (χ1n) is 14.0. The number of allylic oxidation sites excluding steroid dienone is 4. The third kappa shape index (κ3) is 6.27. The van der Waals surface area contributed by atoms with Crippen LogP contribution in [0.25, 0.3) is 0 Å². The number of ether oxygens (including phenoxy) is 2. The van der Waals surface area contributed by atoms with Gasteiger partial charge in [0, 0.05) is 6.42 Å². The van der Waals surface area contributed by atoms with Crippen molar-refractivity contribution in [2.45, 2.75) is 92.4 Å². The van der Waals surface area contributed by atoms with Gasteiger partial charge in [0.2, 0.25) is 0 Å². The number of carbonyl (C=O) groups is 3. The fraction of sp³-hybridized carbons (Fsp3) is 0.767. The van der Waals surface area contributed by atoms with Crippen molar-refractivity contribution >= 4 is 17.7 Å². The van der Waals surface area contributed by atoms with Crippen molar-refractivity contribution in [3.05, 3.63) is 23.8 Å². The van der Waals surface area contributed by atoms with Crippen molar-refractivity contribution in [3.8, 4) is 0 Å². The maximum atomic E-state index is 12.6. The number of hydrogen-bond acceptors (Lipinski definition) is 5. The lowest BCUT2D eigenvalue weighted by molar-refractivity contribution is -0.163. The van der Waals surface area contributed by atoms with Crippen molar-refractivity contribution in [1.29, 1.82) is 0 Å². The highest BCUT2D eigenvalue weighted by Gasteiger charge is 2.55. The van der Waals surface area contributed by atoms with E-state index in [1.807, 2.05) is 6.08 Å². The third-order valence-electron chi connectivity index (χ3n) is 9.14. The summed E-state index contributed by atoms with van der Waals surface area (Å²) in [6.07, 6.45) is 15.3. The van der Waals surface area contributed by atoms with Crippen LogP contribution in [0.15, 0.2) is 23.8 Å². The number of hydrogen-bond donors (Lipinski definition) is 0. The quantitative estimate of drug-likeness (QED) is 0.190. The molecule has 196 valence electrons.